The van der Waals surface area contributed by atoms with Gasteiger partial charge in [0, 0.05) is 11.1 Å². The van der Waals surface area contributed by atoms with Gasteiger partial charge in [0.05, 0.1) is 12.2 Å². The molecule has 0 aliphatic rings. The number of thiazole rings is 1. The summed E-state index contributed by atoms with van der Waals surface area (Å²) in [5.74, 6) is -0.122. The molecule has 0 saturated heterocycles. The minimum Gasteiger partial charge on any atom is -0.483 e. The first kappa shape index (κ1) is 17.3. The van der Waals surface area contributed by atoms with E-state index in [-0.39, 0.29) is 12.4 Å². The Labute approximate surface area is 153 Å². The van der Waals surface area contributed by atoms with Crippen LogP contribution in [0, 0.1) is 6.92 Å². The smallest absolute Gasteiger partial charge is 0.371 e. The molecule has 0 aliphatic heterocycles. The zero-order chi connectivity index (χ0) is 17.8. The van der Waals surface area contributed by atoms with Crippen molar-refractivity contribution in [3.63, 3.8) is 0 Å². The summed E-state index contributed by atoms with van der Waals surface area (Å²) in [4.78, 5) is 15.9. The van der Waals surface area contributed by atoms with Crippen molar-refractivity contribution in [2.24, 2.45) is 0 Å². The molecule has 8 heteroatoms. The molecule has 25 heavy (non-hydrogen) atoms. The molecule has 3 aromatic rings. The van der Waals surface area contributed by atoms with Crippen molar-refractivity contribution in [3.05, 3.63) is 63.0 Å². The molecule has 0 aliphatic carbocycles. The summed E-state index contributed by atoms with van der Waals surface area (Å²) in [5.41, 5.74) is 1.91. The molecule has 6 nitrogen and oxygen atoms in total. The van der Waals surface area contributed by atoms with Gasteiger partial charge in [0.15, 0.2) is 4.47 Å². The minimum atomic E-state index is -1.10. The Morgan fingerprint density at radius 2 is 2.24 bits per heavy atom. The highest BCUT2D eigenvalue weighted by atomic mass is 35.5. The fourth-order valence-corrected chi connectivity index (χ4v) is 3.09. The predicted octanol–water partition coefficient (Wildman–Crippen LogP) is 4.59. The molecule has 0 saturated carbocycles. The third kappa shape index (κ3) is 4.52. The highest BCUT2D eigenvalue weighted by Gasteiger charge is 2.11. The maximum Gasteiger partial charge on any atom is 0.371 e. The van der Waals surface area contributed by atoms with Gasteiger partial charge < -0.3 is 19.6 Å². The largest absolute Gasteiger partial charge is 0.483 e. The Hall–Kier alpha value is -2.51. The van der Waals surface area contributed by atoms with E-state index in [0.29, 0.717) is 22.5 Å². The summed E-state index contributed by atoms with van der Waals surface area (Å²) >= 11 is 7.26. The average Bonchev–Trinajstić information content (AvgIpc) is 3.21. The number of carbonyl (C=O) groups is 1. The van der Waals surface area contributed by atoms with Crippen molar-refractivity contribution < 1.29 is 19.1 Å². The van der Waals surface area contributed by atoms with Crippen molar-refractivity contribution in [2.75, 3.05) is 5.32 Å². The van der Waals surface area contributed by atoms with Crippen molar-refractivity contribution in [1.82, 2.24) is 4.98 Å². The minimum absolute atomic E-state index is 0.108. The molecule has 0 radical (unpaired) electrons. The summed E-state index contributed by atoms with van der Waals surface area (Å²) in [6, 6.07) is 8.77. The molecule has 0 atom stereocenters. The van der Waals surface area contributed by atoms with E-state index in [9.17, 15) is 4.79 Å². The third-order valence-electron chi connectivity index (χ3n) is 3.36. The molecular formula is C17H15ClN2O4S. The van der Waals surface area contributed by atoms with Crippen LogP contribution in [-0.2, 0) is 13.2 Å². The van der Waals surface area contributed by atoms with Gasteiger partial charge in [0.1, 0.15) is 18.1 Å². The number of benzene rings is 1. The Morgan fingerprint density at radius 1 is 1.40 bits per heavy atom. The first-order valence-electron chi connectivity index (χ1n) is 7.41. The second-order valence-electron chi connectivity index (χ2n) is 5.29. The number of carboxylic acid groups (broad SMARTS) is 1. The molecule has 130 valence electrons. The SMILES string of the molecule is Cc1ccc(OCc2ccc(C(=O)O)o2)c(NCc2cnc(Cl)s2)c1. The molecule has 0 fully saturated rings. The fraction of sp³-hybridized carbons (Fsp3) is 0.176. The van der Waals surface area contributed by atoms with Gasteiger partial charge in [-0.05, 0) is 36.8 Å². The summed E-state index contributed by atoms with van der Waals surface area (Å²) in [6.45, 7) is 2.70. The lowest BCUT2D eigenvalue weighted by Crippen LogP contribution is -2.02. The van der Waals surface area contributed by atoms with Gasteiger partial charge >= 0.3 is 5.97 Å². The maximum absolute atomic E-state index is 10.8. The normalized spacial score (nSPS) is 10.6. The number of hydrogen-bond donors (Lipinski definition) is 2. The second-order valence-corrected chi connectivity index (χ2v) is 6.99. The second kappa shape index (κ2) is 7.58. The fourth-order valence-electron chi connectivity index (χ4n) is 2.17. The molecule has 1 aromatic carbocycles. The Balaban J connectivity index is 1.68. The van der Waals surface area contributed by atoms with Crippen LogP contribution in [0.5, 0.6) is 5.75 Å². The number of rotatable bonds is 7. The van der Waals surface area contributed by atoms with Crippen LogP contribution in [0.2, 0.25) is 4.47 Å². The number of aromatic nitrogens is 1. The molecular weight excluding hydrogens is 364 g/mol. The lowest BCUT2D eigenvalue weighted by molar-refractivity contribution is 0.0658. The van der Waals surface area contributed by atoms with E-state index >= 15 is 0 Å². The Kier molecular flexibility index (Phi) is 5.25. The summed E-state index contributed by atoms with van der Waals surface area (Å²) in [7, 11) is 0. The van der Waals surface area contributed by atoms with Crippen molar-refractivity contribution in [2.45, 2.75) is 20.1 Å². The highest BCUT2D eigenvalue weighted by Crippen LogP contribution is 2.28. The molecule has 0 spiro atoms. The van der Waals surface area contributed by atoms with E-state index in [1.54, 1.807) is 12.3 Å². The number of nitrogens with one attached hydrogen (secondary N) is 1. The third-order valence-corrected chi connectivity index (χ3v) is 4.47. The summed E-state index contributed by atoms with van der Waals surface area (Å²) in [5, 5.41) is 12.2. The van der Waals surface area contributed by atoms with Crippen LogP contribution in [0.4, 0.5) is 5.69 Å². The van der Waals surface area contributed by atoms with E-state index in [0.717, 1.165) is 16.1 Å². The number of aromatic carboxylic acids is 1. The van der Waals surface area contributed by atoms with Crippen LogP contribution in [0.1, 0.15) is 26.8 Å². The van der Waals surface area contributed by atoms with Gasteiger partial charge in [0.25, 0.3) is 0 Å². The zero-order valence-electron chi connectivity index (χ0n) is 13.3. The van der Waals surface area contributed by atoms with Gasteiger partial charge in [-0.2, -0.15) is 0 Å². The van der Waals surface area contributed by atoms with E-state index in [1.807, 2.05) is 25.1 Å². The molecule has 2 aromatic heterocycles. The number of halogens is 1. The molecule has 3 rings (SSSR count). The molecule has 2 heterocycles. The number of nitrogens with zero attached hydrogens (tertiary/aromatic N) is 1. The topological polar surface area (TPSA) is 84.6 Å². The summed E-state index contributed by atoms with van der Waals surface area (Å²) in [6.07, 6.45) is 1.73. The van der Waals surface area contributed by atoms with Crippen LogP contribution < -0.4 is 10.1 Å². The average molecular weight is 379 g/mol. The highest BCUT2D eigenvalue weighted by molar-refractivity contribution is 7.15. The van der Waals surface area contributed by atoms with Crippen LogP contribution in [-0.4, -0.2) is 16.1 Å². The molecule has 0 unspecified atom stereocenters. The number of carboxylic acids is 1. The number of anilines is 1. The quantitative estimate of drug-likeness (QED) is 0.625. The van der Waals surface area contributed by atoms with Gasteiger partial charge in [-0.15, -0.1) is 11.3 Å². The standard InChI is InChI=1S/C17H15ClN2O4S/c1-10-2-4-14(23-9-11-3-5-15(24-11)16(21)22)13(6-10)19-7-12-8-20-17(18)25-12/h2-6,8,19H,7,9H2,1H3,(H,21,22). The van der Waals surface area contributed by atoms with Crippen LogP contribution in [0.25, 0.3) is 0 Å². The van der Waals surface area contributed by atoms with E-state index in [1.165, 1.54) is 17.4 Å². The van der Waals surface area contributed by atoms with Gasteiger partial charge in [-0.25, -0.2) is 9.78 Å². The van der Waals surface area contributed by atoms with Gasteiger partial charge in [0.2, 0.25) is 5.76 Å². The van der Waals surface area contributed by atoms with Gasteiger partial charge in [-0.3, -0.25) is 0 Å². The molecule has 2 N–H and O–H groups in total. The first-order chi connectivity index (χ1) is 12.0. The van der Waals surface area contributed by atoms with Crippen LogP contribution in [0.15, 0.2) is 40.9 Å². The maximum atomic E-state index is 10.8. The molecule has 0 amide bonds. The first-order valence-corrected chi connectivity index (χ1v) is 8.60. The molecule has 0 bridgehead atoms. The van der Waals surface area contributed by atoms with Gasteiger partial charge in [-0.1, -0.05) is 17.7 Å². The number of ether oxygens (including phenoxy) is 1. The Morgan fingerprint density at radius 3 is 2.92 bits per heavy atom. The van der Waals surface area contributed by atoms with Crippen molar-refractivity contribution in [3.8, 4) is 5.75 Å². The van der Waals surface area contributed by atoms with Crippen molar-refractivity contribution in [1.29, 1.82) is 0 Å². The lowest BCUT2D eigenvalue weighted by Gasteiger charge is -2.13. The van der Waals surface area contributed by atoms with Crippen LogP contribution in [0.3, 0.4) is 0 Å². The number of aryl methyl sites for hydroxylation is 1. The van der Waals surface area contributed by atoms with E-state index in [4.69, 9.17) is 25.9 Å². The number of hydrogen-bond acceptors (Lipinski definition) is 6. The predicted molar refractivity (Wildman–Crippen MR) is 95.6 cm³/mol. The monoisotopic (exact) mass is 378 g/mol. The Bertz CT molecular complexity index is 890. The van der Waals surface area contributed by atoms with E-state index < -0.39 is 5.97 Å². The van der Waals surface area contributed by atoms with Crippen LogP contribution >= 0.6 is 22.9 Å². The van der Waals surface area contributed by atoms with E-state index in [2.05, 4.69) is 10.3 Å². The number of furan rings is 1. The zero-order valence-corrected chi connectivity index (χ0v) is 14.9. The summed E-state index contributed by atoms with van der Waals surface area (Å²) < 4.78 is 11.5. The van der Waals surface area contributed by atoms with Crippen molar-refractivity contribution >= 4 is 34.6 Å². The lowest BCUT2D eigenvalue weighted by atomic mass is 10.2.